The van der Waals surface area contributed by atoms with Crippen molar-refractivity contribution >= 4 is 23.8 Å². The molecule has 1 saturated carbocycles. The number of hydrogen-bond donors (Lipinski definition) is 2. The number of carbonyl (C=O) groups excluding carboxylic acids is 1. The number of carboxylic acids is 1. The molecule has 104 valence electrons. The number of thioether (sulfide) groups is 1. The van der Waals surface area contributed by atoms with Gasteiger partial charge >= 0.3 is 12.1 Å². The van der Waals surface area contributed by atoms with E-state index in [2.05, 4.69) is 5.32 Å². The molecular weight excluding hydrogens is 254 g/mol. The monoisotopic (exact) mass is 275 g/mol. The Morgan fingerprint density at radius 2 is 2.00 bits per heavy atom. The predicted octanol–water partition coefficient (Wildman–Crippen LogP) is 2.25. The smallest absolute Gasteiger partial charge is 0.408 e. The highest BCUT2D eigenvalue weighted by atomic mass is 32.2. The molecule has 1 aliphatic carbocycles. The molecule has 2 N–H and O–H groups in total. The van der Waals surface area contributed by atoms with Crippen LogP contribution in [0.25, 0.3) is 0 Å². The second-order valence-electron chi connectivity index (χ2n) is 5.74. The van der Waals surface area contributed by atoms with Gasteiger partial charge in [0, 0.05) is 5.25 Å². The normalized spacial score (nSPS) is 27.2. The van der Waals surface area contributed by atoms with Crippen molar-refractivity contribution < 1.29 is 19.4 Å². The van der Waals surface area contributed by atoms with Crippen molar-refractivity contribution in [3.8, 4) is 0 Å². The van der Waals surface area contributed by atoms with Crippen molar-refractivity contribution in [2.75, 3.05) is 6.26 Å². The largest absolute Gasteiger partial charge is 0.481 e. The fourth-order valence-electron chi connectivity index (χ4n) is 2.08. The molecule has 0 bridgehead atoms. The number of rotatable bonds is 4. The molecule has 0 aromatic heterocycles. The Bertz CT molecular complexity index is 331. The van der Waals surface area contributed by atoms with Gasteiger partial charge in [-0.25, -0.2) is 4.79 Å². The van der Waals surface area contributed by atoms with E-state index in [0.29, 0.717) is 18.1 Å². The minimum Gasteiger partial charge on any atom is -0.481 e. The fraction of sp³-hybridized carbons (Fsp3) is 0.833. The van der Waals surface area contributed by atoms with Gasteiger partial charge in [-0.15, -0.1) is 0 Å². The maximum atomic E-state index is 11.7. The Kier molecular flexibility index (Phi) is 4.53. The average Bonchev–Trinajstić information content (AvgIpc) is 2.08. The maximum Gasteiger partial charge on any atom is 0.408 e. The number of aliphatic carboxylic acids is 1. The average molecular weight is 275 g/mol. The molecule has 0 aromatic rings. The summed E-state index contributed by atoms with van der Waals surface area (Å²) in [6.07, 6.45) is 2.76. The molecule has 6 heteroatoms. The summed E-state index contributed by atoms with van der Waals surface area (Å²) >= 11 is 1.70. The highest BCUT2D eigenvalue weighted by Crippen LogP contribution is 2.41. The van der Waals surface area contributed by atoms with Gasteiger partial charge in [-0.2, -0.15) is 11.8 Å². The number of nitrogens with one attached hydrogen (secondary N) is 1. The number of alkyl carbamates (subject to hydrolysis) is 1. The van der Waals surface area contributed by atoms with Crippen LogP contribution in [0.1, 0.15) is 40.0 Å². The lowest BCUT2D eigenvalue weighted by Gasteiger charge is -2.46. The molecule has 18 heavy (non-hydrogen) atoms. The molecule has 0 saturated heterocycles. The van der Waals surface area contributed by atoms with Crippen molar-refractivity contribution in [2.45, 2.75) is 56.4 Å². The SMILES string of the molecule is CSC1CC(CC(=O)O)(NC(=O)OC(C)(C)C)C1. The number of amides is 1. The summed E-state index contributed by atoms with van der Waals surface area (Å²) in [7, 11) is 0. The lowest BCUT2D eigenvalue weighted by Crippen LogP contribution is -2.60. The molecule has 1 fully saturated rings. The minimum absolute atomic E-state index is 0.0523. The molecule has 0 heterocycles. The second-order valence-corrected chi connectivity index (χ2v) is 6.88. The van der Waals surface area contributed by atoms with E-state index in [9.17, 15) is 9.59 Å². The van der Waals surface area contributed by atoms with Gasteiger partial charge in [-0.3, -0.25) is 4.79 Å². The molecule has 1 rings (SSSR count). The molecule has 0 atom stereocenters. The van der Waals surface area contributed by atoms with Gasteiger partial charge in [0.1, 0.15) is 5.60 Å². The van der Waals surface area contributed by atoms with Gasteiger partial charge in [0.15, 0.2) is 0 Å². The third kappa shape index (κ3) is 4.40. The zero-order valence-electron chi connectivity index (χ0n) is 11.3. The topological polar surface area (TPSA) is 75.6 Å². The fourth-order valence-corrected chi connectivity index (χ4v) is 3.05. The van der Waals surface area contributed by atoms with Crippen LogP contribution in [0.15, 0.2) is 0 Å². The Morgan fingerprint density at radius 1 is 1.44 bits per heavy atom. The lowest BCUT2D eigenvalue weighted by atomic mass is 9.74. The molecule has 1 amide bonds. The Morgan fingerprint density at radius 3 is 2.39 bits per heavy atom. The van der Waals surface area contributed by atoms with Gasteiger partial charge in [0.05, 0.1) is 12.0 Å². The Hall–Kier alpha value is -0.910. The summed E-state index contributed by atoms with van der Waals surface area (Å²) in [5.41, 5.74) is -1.21. The zero-order chi connectivity index (χ0) is 14.0. The van der Waals surface area contributed by atoms with E-state index in [0.717, 1.165) is 0 Å². The summed E-state index contributed by atoms with van der Waals surface area (Å²) in [6.45, 7) is 5.34. The van der Waals surface area contributed by atoms with Crippen molar-refractivity contribution in [3.63, 3.8) is 0 Å². The molecule has 0 aromatic carbocycles. The zero-order valence-corrected chi connectivity index (χ0v) is 12.1. The van der Waals surface area contributed by atoms with Crippen LogP contribution in [-0.4, -0.2) is 39.8 Å². The van der Waals surface area contributed by atoms with Crippen LogP contribution in [0, 0.1) is 0 Å². The van der Waals surface area contributed by atoms with Gasteiger partial charge < -0.3 is 15.2 Å². The molecule has 0 spiro atoms. The van der Waals surface area contributed by atoms with Crippen molar-refractivity contribution in [1.29, 1.82) is 0 Å². The van der Waals surface area contributed by atoms with Crippen LogP contribution in [0.2, 0.25) is 0 Å². The minimum atomic E-state index is -0.898. The number of carboxylic acid groups (broad SMARTS) is 1. The highest BCUT2D eigenvalue weighted by Gasteiger charge is 2.47. The summed E-state index contributed by atoms with van der Waals surface area (Å²) in [5, 5.41) is 12.1. The van der Waals surface area contributed by atoms with Crippen LogP contribution in [-0.2, 0) is 9.53 Å². The van der Waals surface area contributed by atoms with Gasteiger partial charge in [0.25, 0.3) is 0 Å². The summed E-state index contributed by atoms with van der Waals surface area (Å²) in [6, 6.07) is 0. The molecule has 1 aliphatic rings. The standard InChI is InChI=1S/C12H21NO4S/c1-11(2,3)17-10(16)13-12(7-9(14)15)5-8(6-12)18-4/h8H,5-7H2,1-4H3,(H,13,16)(H,14,15). The number of carbonyl (C=O) groups is 2. The van der Waals surface area contributed by atoms with E-state index < -0.39 is 23.2 Å². The van der Waals surface area contributed by atoms with Crippen molar-refractivity contribution in [1.82, 2.24) is 5.32 Å². The van der Waals surface area contributed by atoms with Gasteiger partial charge in [0.2, 0.25) is 0 Å². The number of ether oxygens (including phenoxy) is 1. The highest BCUT2D eigenvalue weighted by molar-refractivity contribution is 7.99. The first-order chi connectivity index (χ1) is 8.16. The Balaban J connectivity index is 2.58. The first-order valence-corrected chi connectivity index (χ1v) is 7.20. The van der Waals surface area contributed by atoms with Crippen LogP contribution < -0.4 is 5.32 Å². The van der Waals surface area contributed by atoms with E-state index in [1.165, 1.54) is 0 Å². The molecule has 5 nitrogen and oxygen atoms in total. The Labute approximate surface area is 112 Å². The van der Waals surface area contributed by atoms with Crippen LogP contribution in [0.3, 0.4) is 0 Å². The molecule has 0 aliphatic heterocycles. The third-order valence-electron chi connectivity index (χ3n) is 2.83. The van der Waals surface area contributed by atoms with E-state index in [-0.39, 0.29) is 6.42 Å². The van der Waals surface area contributed by atoms with Crippen molar-refractivity contribution in [2.24, 2.45) is 0 Å². The lowest BCUT2D eigenvalue weighted by molar-refractivity contribution is -0.139. The third-order valence-corrected chi connectivity index (χ3v) is 3.83. The van der Waals surface area contributed by atoms with E-state index in [4.69, 9.17) is 9.84 Å². The maximum absolute atomic E-state index is 11.7. The molecular formula is C12H21NO4S. The van der Waals surface area contributed by atoms with E-state index >= 15 is 0 Å². The van der Waals surface area contributed by atoms with Crippen LogP contribution >= 0.6 is 11.8 Å². The van der Waals surface area contributed by atoms with Crippen molar-refractivity contribution in [3.05, 3.63) is 0 Å². The summed E-state index contributed by atoms with van der Waals surface area (Å²) in [4.78, 5) is 22.6. The van der Waals surface area contributed by atoms with Gasteiger partial charge in [-0.05, 0) is 39.9 Å². The van der Waals surface area contributed by atoms with E-state index in [1.807, 2.05) is 6.26 Å². The van der Waals surface area contributed by atoms with Gasteiger partial charge in [-0.1, -0.05) is 0 Å². The first-order valence-electron chi connectivity index (χ1n) is 5.91. The first kappa shape index (κ1) is 15.1. The summed E-state index contributed by atoms with van der Waals surface area (Å²) in [5.74, 6) is -0.898. The van der Waals surface area contributed by atoms with E-state index in [1.54, 1.807) is 32.5 Å². The second kappa shape index (κ2) is 5.38. The quantitative estimate of drug-likeness (QED) is 0.823. The van der Waals surface area contributed by atoms with Crippen LogP contribution in [0.4, 0.5) is 4.79 Å². The summed E-state index contributed by atoms with van der Waals surface area (Å²) < 4.78 is 5.17. The van der Waals surface area contributed by atoms with Crippen LogP contribution in [0.5, 0.6) is 0 Å². The number of hydrogen-bond acceptors (Lipinski definition) is 4. The molecule has 0 unspecified atom stereocenters. The predicted molar refractivity (Wildman–Crippen MR) is 70.9 cm³/mol. The molecule has 0 radical (unpaired) electrons.